The smallest absolute Gasteiger partial charge is 0.387 e. The minimum Gasteiger partial charge on any atom is -0.434 e. The van der Waals surface area contributed by atoms with Crippen molar-refractivity contribution in [1.29, 1.82) is 0 Å². The number of ether oxygens (including phenoxy) is 1. The van der Waals surface area contributed by atoms with Gasteiger partial charge in [0.25, 0.3) is 5.91 Å². The molecule has 0 spiro atoms. The molecule has 0 aliphatic carbocycles. The van der Waals surface area contributed by atoms with Crippen molar-refractivity contribution in [1.82, 2.24) is 4.90 Å². The van der Waals surface area contributed by atoms with Gasteiger partial charge < -0.3 is 4.74 Å². The van der Waals surface area contributed by atoms with Gasteiger partial charge in [0.2, 0.25) is 5.91 Å². The monoisotopic (exact) mass is 524 g/mol. The Morgan fingerprint density at radius 1 is 0.972 bits per heavy atom. The minimum absolute atomic E-state index is 0.0229. The Bertz CT molecular complexity index is 1230. The summed E-state index contributed by atoms with van der Waals surface area (Å²) in [6.45, 7) is -2.71. The van der Waals surface area contributed by atoms with Crippen LogP contribution in [0.2, 0.25) is 0 Å². The van der Waals surface area contributed by atoms with Gasteiger partial charge >= 0.3 is 6.61 Å². The Morgan fingerprint density at radius 2 is 1.56 bits per heavy atom. The zero-order valence-electron chi connectivity index (χ0n) is 19.1. The lowest BCUT2D eigenvalue weighted by Gasteiger charge is -2.23. The number of carbonyl (C=O) groups is 2. The number of amides is 2. The second-order valence-corrected chi connectivity index (χ2v) is 9.43. The lowest BCUT2D eigenvalue weighted by atomic mass is 10.1. The highest BCUT2D eigenvalue weighted by molar-refractivity contribution is 8.26. The van der Waals surface area contributed by atoms with Crippen LogP contribution in [0.5, 0.6) is 5.75 Å². The van der Waals surface area contributed by atoms with Crippen molar-refractivity contribution < 1.29 is 23.1 Å². The zero-order valence-corrected chi connectivity index (χ0v) is 20.7. The number of anilines is 2. The summed E-state index contributed by atoms with van der Waals surface area (Å²) in [5.41, 5.74) is 1.87. The van der Waals surface area contributed by atoms with Crippen LogP contribution in [0.1, 0.15) is 18.4 Å². The third kappa shape index (κ3) is 6.16. The topological polar surface area (TPSA) is 49.9 Å². The Morgan fingerprint density at radius 3 is 2.17 bits per heavy atom. The van der Waals surface area contributed by atoms with Gasteiger partial charge in [-0.3, -0.25) is 19.4 Å². The Hall–Kier alpha value is -3.56. The number of carbonyl (C=O) groups excluding carboxylic acids is 2. The van der Waals surface area contributed by atoms with E-state index in [4.69, 9.17) is 12.2 Å². The van der Waals surface area contributed by atoms with Crippen molar-refractivity contribution in [3.8, 4) is 5.75 Å². The van der Waals surface area contributed by atoms with Crippen LogP contribution in [0.3, 0.4) is 0 Å². The molecule has 5 nitrogen and oxygen atoms in total. The average Bonchev–Trinajstić information content (AvgIpc) is 3.14. The fraction of sp³-hybridized carbons (Fsp3) is 0.148. The lowest BCUT2D eigenvalue weighted by Crippen LogP contribution is -2.31. The standard InChI is InChI=1S/C27H22F2N2O3S2/c28-26(29)34-22-15-8-7-10-19(22)18-23-25(33)30(27(35)36-23)17-9-16-24(32)31(20-11-3-1-4-12-20)21-13-5-2-6-14-21/h1-8,10-15,18,26H,9,16-17H2/b23-18+. The van der Waals surface area contributed by atoms with Gasteiger partial charge in [-0.15, -0.1) is 0 Å². The van der Waals surface area contributed by atoms with Crippen molar-refractivity contribution >= 4 is 57.6 Å². The molecule has 0 saturated carbocycles. The summed E-state index contributed by atoms with van der Waals surface area (Å²) in [5.74, 6) is -0.455. The molecular formula is C27H22F2N2O3S2. The van der Waals surface area contributed by atoms with Crippen LogP contribution in [-0.2, 0) is 9.59 Å². The number of nitrogens with zero attached hydrogens (tertiary/aromatic N) is 2. The molecule has 1 aliphatic heterocycles. The van der Waals surface area contributed by atoms with E-state index in [1.54, 1.807) is 23.1 Å². The molecule has 1 heterocycles. The van der Waals surface area contributed by atoms with Gasteiger partial charge in [0.05, 0.1) is 4.91 Å². The lowest BCUT2D eigenvalue weighted by molar-refractivity contribution is -0.123. The van der Waals surface area contributed by atoms with E-state index < -0.39 is 6.61 Å². The Kier molecular flexibility index (Phi) is 8.45. The van der Waals surface area contributed by atoms with Gasteiger partial charge in [0, 0.05) is 29.9 Å². The van der Waals surface area contributed by atoms with E-state index in [-0.39, 0.29) is 30.5 Å². The van der Waals surface area contributed by atoms with E-state index in [2.05, 4.69) is 4.74 Å². The number of halogens is 2. The number of alkyl halides is 2. The molecule has 1 aliphatic rings. The molecule has 0 radical (unpaired) electrons. The van der Waals surface area contributed by atoms with Crippen molar-refractivity contribution in [2.24, 2.45) is 0 Å². The van der Waals surface area contributed by atoms with Crippen LogP contribution in [-0.4, -0.2) is 34.2 Å². The summed E-state index contributed by atoms with van der Waals surface area (Å²) in [6.07, 6.45) is 2.10. The van der Waals surface area contributed by atoms with Gasteiger partial charge in [0.15, 0.2) is 0 Å². The molecule has 0 bridgehead atoms. The van der Waals surface area contributed by atoms with Crippen molar-refractivity contribution in [3.05, 3.63) is 95.4 Å². The largest absolute Gasteiger partial charge is 0.434 e. The first-order valence-electron chi connectivity index (χ1n) is 11.2. The van der Waals surface area contributed by atoms with Gasteiger partial charge in [-0.05, 0) is 42.8 Å². The quantitative estimate of drug-likeness (QED) is 0.232. The van der Waals surface area contributed by atoms with Crippen LogP contribution in [0.25, 0.3) is 6.08 Å². The number of hydrogen-bond acceptors (Lipinski definition) is 5. The number of thioether (sulfide) groups is 1. The fourth-order valence-corrected chi connectivity index (χ4v) is 5.03. The molecule has 4 rings (SSSR count). The van der Waals surface area contributed by atoms with Crippen LogP contribution >= 0.6 is 24.0 Å². The molecule has 2 amide bonds. The van der Waals surface area contributed by atoms with Crippen molar-refractivity contribution in [2.75, 3.05) is 11.4 Å². The van der Waals surface area contributed by atoms with E-state index in [0.29, 0.717) is 21.2 Å². The van der Waals surface area contributed by atoms with Crippen molar-refractivity contribution in [2.45, 2.75) is 19.5 Å². The normalized spacial score (nSPS) is 14.5. The Balaban J connectivity index is 1.43. The number of thiocarbonyl (C=S) groups is 1. The first-order valence-corrected chi connectivity index (χ1v) is 12.4. The molecule has 0 N–H and O–H groups in total. The molecule has 0 aromatic heterocycles. The van der Waals surface area contributed by atoms with E-state index >= 15 is 0 Å². The molecule has 3 aromatic carbocycles. The number of rotatable bonds is 9. The van der Waals surface area contributed by atoms with E-state index in [1.807, 2.05) is 60.7 Å². The first-order chi connectivity index (χ1) is 17.4. The summed E-state index contributed by atoms with van der Waals surface area (Å²) in [6, 6.07) is 25.0. The summed E-state index contributed by atoms with van der Waals surface area (Å²) in [4.78, 5) is 29.6. The summed E-state index contributed by atoms with van der Waals surface area (Å²) >= 11 is 6.47. The zero-order chi connectivity index (χ0) is 25.5. The molecular weight excluding hydrogens is 502 g/mol. The average molecular weight is 525 g/mol. The summed E-state index contributed by atoms with van der Waals surface area (Å²) < 4.78 is 30.3. The van der Waals surface area contributed by atoms with Crippen LogP contribution in [0.15, 0.2) is 89.8 Å². The predicted molar refractivity (Wildman–Crippen MR) is 142 cm³/mol. The fourth-order valence-electron chi connectivity index (χ4n) is 3.73. The number of para-hydroxylation sites is 3. The van der Waals surface area contributed by atoms with Gasteiger partial charge in [0.1, 0.15) is 10.1 Å². The predicted octanol–water partition coefficient (Wildman–Crippen LogP) is 6.63. The molecule has 0 unspecified atom stereocenters. The first kappa shape index (κ1) is 25.5. The van der Waals surface area contributed by atoms with Gasteiger partial charge in [-0.2, -0.15) is 8.78 Å². The van der Waals surface area contributed by atoms with Crippen molar-refractivity contribution in [3.63, 3.8) is 0 Å². The highest BCUT2D eigenvalue weighted by Gasteiger charge is 2.32. The summed E-state index contributed by atoms with van der Waals surface area (Å²) in [7, 11) is 0. The van der Waals surface area contributed by atoms with Crippen LogP contribution in [0, 0.1) is 0 Å². The summed E-state index contributed by atoms with van der Waals surface area (Å²) in [5, 5.41) is 0. The maximum absolute atomic E-state index is 13.2. The molecule has 9 heteroatoms. The molecule has 1 fully saturated rings. The third-order valence-electron chi connectivity index (χ3n) is 5.35. The molecule has 184 valence electrons. The second-order valence-electron chi connectivity index (χ2n) is 7.75. The van der Waals surface area contributed by atoms with E-state index in [0.717, 1.165) is 23.1 Å². The van der Waals surface area contributed by atoms with E-state index in [9.17, 15) is 18.4 Å². The van der Waals surface area contributed by atoms with Crippen LogP contribution < -0.4 is 9.64 Å². The minimum atomic E-state index is -2.97. The number of hydrogen-bond donors (Lipinski definition) is 0. The number of benzene rings is 3. The molecule has 3 aromatic rings. The van der Waals surface area contributed by atoms with Gasteiger partial charge in [-0.25, -0.2) is 0 Å². The van der Waals surface area contributed by atoms with E-state index in [1.165, 1.54) is 17.0 Å². The maximum atomic E-state index is 13.2. The Labute approximate surface area is 217 Å². The maximum Gasteiger partial charge on any atom is 0.387 e. The van der Waals surface area contributed by atoms with Crippen LogP contribution in [0.4, 0.5) is 20.2 Å². The second kappa shape index (κ2) is 11.9. The molecule has 36 heavy (non-hydrogen) atoms. The van der Waals surface area contributed by atoms with Gasteiger partial charge in [-0.1, -0.05) is 78.6 Å². The highest BCUT2D eigenvalue weighted by Crippen LogP contribution is 2.35. The molecule has 0 atom stereocenters. The highest BCUT2D eigenvalue weighted by atomic mass is 32.2. The third-order valence-corrected chi connectivity index (χ3v) is 6.72. The molecule has 1 saturated heterocycles. The SMILES string of the molecule is O=C1/C(=C\c2ccccc2OC(F)F)SC(=S)N1CCCC(=O)N(c1ccccc1)c1ccccc1.